The molecule has 0 saturated heterocycles. The van der Waals surface area contributed by atoms with Gasteiger partial charge in [0.15, 0.2) is 6.61 Å². The van der Waals surface area contributed by atoms with Crippen molar-refractivity contribution in [2.24, 2.45) is 5.14 Å². The fraction of sp³-hybridized carbons (Fsp3) is 0.143. The second kappa shape index (κ2) is 7.16. The third-order valence-corrected chi connectivity index (χ3v) is 4.13. The fourth-order valence-corrected chi connectivity index (χ4v) is 2.68. The Morgan fingerprint density at radius 1 is 1.29 bits per heavy atom. The Morgan fingerprint density at radius 3 is 2.58 bits per heavy atom. The van der Waals surface area contributed by atoms with E-state index in [9.17, 15) is 18.0 Å². The van der Waals surface area contributed by atoms with Crippen LogP contribution >= 0.6 is 15.9 Å². The second-order valence-corrected chi connectivity index (χ2v) is 7.16. The molecule has 0 saturated carbocycles. The predicted octanol–water partition coefficient (Wildman–Crippen LogP) is 1.79. The number of carbonyl (C=O) groups excluding carboxylic acids is 2. The Balaban J connectivity index is 1.94. The average Bonchev–Trinajstić information content (AvgIpc) is 2.98. The zero-order valence-electron chi connectivity index (χ0n) is 12.4. The maximum Gasteiger partial charge on any atom is 0.374 e. The summed E-state index contributed by atoms with van der Waals surface area (Å²) >= 11 is 3.31. The van der Waals surface area contributed by atoms with Gasteiger partial charge in [-0.2, -0.15) is 0 Å². The SMILES string of the molecule is Cc1cc(Br)ccc1NC(=O)COC(=O)c1ccc(S(N)(=O)=O)o1. The molecule has 1 aromatic heterocycles. The number of furan rings is 1. The van der Waals surface area contributed by atoms with Crippen LogP contribution in [-0.4, -0.2) is 26.9 Å². The van der Waals surface area contributed by atoms with Crippen molar-refractivity contribution < 1.29 is 27.2 Å². The molecule has 2 aromatic rings. The van der Waals surface area contributed by atoms with E-state index in [1.54, 1.807) is 12.1 Å². The van der Waals surface area contributed by atoms with Crippen LogP contribution in [0.15, 0.2) is 44.3 Å². The summed E-state index contributed by atoms with van der Waals surface area (Å²) in [4.78, 5) is 23.5. The zero-order valence-corrected chi connectivity index (χ0v) is 14.8. The van der Waals surface area contributed by atoms with Crippen molar-refractivity contribution in [3.8, 4) is 0 Å². The van der Waals surface area contributed by atoms with Gasteiger partial charge in [-0.15, -0.1) is 0 Å². The van der Waals surface area contributed by atoms with Gasteiger partial charge in [-0.25, -0.2) is 18.4 Å². The van der Waals surface area contributed by atoms with Crippen LogP contribution in [-0.2, 0) is 19.6 Å². The highest BCUT2D eigenvalue weighted by Gasteiger charge is 2.19. The van der Waals surface area contributed by atoms with Gasteiger partial charge in [0.1, 0.15) is 0 Å². The summed E-state index contributed by atoms with van der Waals surface area (Å²) in [5.74, 6) is -1.90. The van der Waals surface area contributed by atoms with Gasteiger partial charge in [0.25, 0.3) is 15.9 Å². The number of sulfonamides is 1. The molecule has 1 heterocycles. The van der Waals surface area contributed by atoms with E-state index in [0.717, 1.165) is 22.2 Å². The van der Waals surface area contributed by atoms with E-state index in [1.165, 1.54) is 0 Å². The monoisotopic (exact) mass is 416 g/mol. The lowest BCUT2D eigenvalue weighted by molar-refractivity contribution is -0.119. The van der Waals surface area contributed by atoms with Gasteiger partial charge in [-0.3, -0.25) is 4.79 Å². The Morgan fingerprint density at radius 2 is 2.00 bits per heavy atom. The fourth-order valence-electron chi connectivity index (χ4n) is 1.74. The number of anilines is 1. The summed E-state index contributed by atoms with van der Waals surface area (Å²) in [5.41, 5.74) is 1.40. The predicted molar refractivity (Wildman–Crippen MR) is 87.9 cm³/mol. The van der Waals surface area contributed by atoms with Crippen LogP contribution in [0, 0.1) is 6.92 Å². The lowest BCUT2D eigenvalue weighted by Crippen LogP contribution is -2.21. The standard InChI is InChI=1S/C14H13BrN2O6S/c1-8-6-9(15)2-3-10(8)17-12(18)7-22-14(19)11-4-5-13(23-11)24(16,20)21/h2-6H,7H2,1H3,(H,17,18)(H2,16,20,21). The number of halogens is 1. The largest absolute Gasteiger partial charge is 0.450 e. The number of ether oxygens (including phenoxy) is 1. The molecular weight excluding hydrogens is 404 g/mol. The van der Waals surface area contributed by atoms with E-state index in [1.807, 2.05) is 13.0 Å². The quantitative estimate of drug-likeness (QED) is 0.714. The van der Waals surface area contributed by atoms with Gasteiger partial charge in [-0.05, 0) is 42.8 Å². The first-order valence-electron chi connectivity index (χ1n) is 6.52. The molecule has 0 aliphatic carbocycles. The van der Waals surface area contributed by atoms with Crippen molar-refractivity contribution in [1.29, 1.82) is 0 Å². The third-order valence-electron chi connectivity index (χ3n) is 2.86. The molecule has 0 aliphatic rings. The average molecular weight is 417 g/mol. The van der Waals surface area contributed by atoms with Gasteiger partial charge in [0.2, 0.25) is 10.9 Å². The highest BCUT2D eigenvalue weighted by molar-refractivity contribution is 9.10. The molecule has 8 nitrogen and oxygen atoms in total. The Bertz CT molecular complexity index is 890. The maximum absolute atomic E-state index is 11.8. The first-order chi connectivity index (χ1) is 11.2. The molecule has 0 fully saturated rings. The van der Waals surface area contributed by atoms with Crippen molar-refractivity contribution in [2.45, 2.75) is 12.0 Å². The van der Waals surface area contributed by atoms with E-state index in [0.29, 0.717) is 5.69 Å². The molecule has 10 heteroatoms. The number of benzene rings is 1. The van der Waals surface area contributed by atoms with Crippen LogP contribution in [0.5, 0.6) is 0 Å². The smallest absolute Gasteiger partial charge is 0.374 e. The zero-order chi connectivity index (χ0) is 17.9. The van der Waals surface area contributed by atoms with Gasteiger partial charge >= 0.3 is 5.97 Å². The number of hydrogen-bond acceptors (Lipinski definition) is 6. The molecule has 24 heavy (non-hydrogen) atoms. The minimum atomic E-state index is -4.05. The summed E-state index contributed by atoms with van der Waals surface area (Å²) in [6.07, 6.45) is 0. The summed E-state index contributed by atoms with van der Waals surface area (Å²) in [6.45, 7) is 1.25. The van der Waals surface area contributed by atoms with Crippen LogP contribution < -0.4 is 10.5 Å². The lowest BCUT2D eigenvalue weighted by atomic mass is 10.2. The number of hydrogen-bond donors (Lipinski definition) is 2. The van der Waals surface area contributed by atoms with Gasteiger partial charge in [-0.1, -0.05) is 15.9 Å². The highest BCUT2D eigenvalue weighted by atomic mass is 79.9. The van der Waals surface area contributed by atoms with Crippen molar-refractivity contribution in [3.05, 3.63) is 46.1 Å². The lowest BCUT2D eigenvalue weighted by Gasteiger charge is -2.08. The summed E-state index contributed by atoms with van der Waals surface area (Å²) in [7, 11) is -4.05. The maximum atomic E-state index is 11.8. The number of amides is 1. The van der Waals surface area contributed by atoms with Gasteiger partial charge < -0.3 is 14.5 Å². The van der Waals surface area contributed by atoms with Crippen molar-refractivity contribution >= 4 is 43.5 Å². The molecule has 0 atom stereocenters. The first-order valence-corrected chi connectivity index (χ1v) is 8.86. The molecule has 128 valence electrons. The number of aryl methyl sites for hydroxylation is 1. The summed E-state index contributed by atoms with van der Waals surface area (Å²) in [5, 5.41) is 6.89. The number of nitrogens with two attached hydrogens (primary N) is 1. The van der Waals surface area contributed by atoms with Crippen LogP contribution in [0.25, 0.3) is 0 Å². The Labute approximate surface area is 146 Å². The van der Waals surface area contributed by atoms with Gasteiger partial charge in [0.05, 0.1) is 0 Å². The van der Waals surface area contributed by atoms with Crippen molar-refractivity contribution in [1.82, 2.24) is 0 Å². The van der Waals surface area contributed by atoms with Crippen LogP contribution in [0.1, 0.15) is 16.1 Å². The molecule has 2 rings (SSSR count). The van der Waals surface area contributed by atoms with Crippen molar-refractivity contribution in [2.75, 3.05) is 11.9 Å². The number of nitrogens with one attached hydrogen (secondary N) is 1. The molecule has 0 unspecified atom stereocenters. The number of esters is 1. The van der Waals surface area contributed by atoms with E-state index in [4.69, 9.17) is 14.3 Å². The van der Waals surface area contributed by atoms with Crippen LogP contribution in [0.3, 0.4) is 0 Å². The van der Waals surface area contributed by atoms with E-state index in [2.05, 4.69) is 21.2 Å². The number of carbonyl (C=O) groups is 2. The topological polar surface area (TPSA) is 129 Å². The highest BCUT2D eigenvalue weighted by Crippen LogP contribution is 2.20. The van der Waals surface area contributed by atoms with E-state index in [-0.39, 0.29) is 5.76 Å². The van der Waals surface area contributed by atoms with Gasteiger partial charge in [0, 0.05) is 10.2 Å². The molecular formula is C14H13BrN2O6S. The Hall–Kier alpha value is -2.17. The molecule has 1 aromatic carbocycles. The number of primary sulfonamides is 1. The normalized spacial score (nSPS) is 11.1. The molecule has 0 aliphatic heterocycles. The molecule has 0 radical (unpaired) electrons. The summed E-state index contributed by atoms with van der Waals surface area (Å²) in [6, 6.07) is 7.39. The molecule has 0 spiro atoms. The van der Waals surface area contributed by atoms with E-state index >= 15 is 0 Å². The van der Waals surface area contributed by atoms with Crippen molar-refractivity contribution in [3.63, 3.8) is 0 Å². The summed E-state index contributed by atoms with van der Waals surface area (Å²) < 4.78 is 32.5. The van der Waals surface area contributed by atoms with Crippen LogP contribution in [0.2, 0.25) is 0 Å². The minimum absolute atomic E-state index is 0.369. The molecule has 1 amide bonds. The number of rotatable bonds is 5. The first kappa shape index (κ1) is 18.2. The van der Waals surface area contributed by atoms with E-state index < -0.39 is 33.6 Å². The van der Waals surface area contributed by atoms with Crippen LogP contribution in [0.4, 0.5) is 5.69 Å². The third kappa shape index (κ3) is 4.66. The molecule has 3 N–H and O–H groups in total. The second-order valence-electron chi connectivity index (χ2n) is 4.75. The Kier molecular flexibility index (Phi) is 5.42. The molecule has 0 bridgehead atoms. The minimum Gasteiger partial charge on any atom is -0.450 e.